The molecule has 0 radical (unpaired) electrons. The lowest BCUT2D eigenvalue weighted by Gasteiger charge is -2.19. The molecule has 0 unspecified atom stereocenters. The van der Waals surface area contributed by atoms with Crippen LogP contribution in [-0.2, 0) is 13.1 Å². The number of nitrogens with zero attached hydrogens (tertiary/aromatic N) is 6. The number of anilines is 2. The number of ether oxygens (including phenoxy) is 2. The molecular weight excluding hydrogens is 473 g/mol. The van der Waals surface area contributed by atoms with E-state index in [2.05, 4.69) is 49.5 Å². The van der Waals surface area contributed by atoms with Crippen molar-refractivity contribution in [3.63, 3.8) is 0 Å². The van der Waals surface area contributed by atoms with Crippen LogP contribution in [0.1, 0.15) is 12.0 Å². The Morgan fingerprint density at radius 3 is 2.97 bits per heavy atom. The summed E-state index contributed by atoms with van der Waals surface area (Å²) in [4.78, 5) is 15.1. The summed E-state index contributed by atoms with van der Waals surface area (Å²) in [6.07, 6.45) is 9.72. The van der Waals surface area contributed by atoms with E-state index in [0.29, 0.717) is 55.7 Å². The number of benzene rings is 2. The Balaban J connectivity index is 1.43. The Labute approximate surface area is 214 Å². The van der Waals surface area contributed by atoms with E-state index < -0.39 is 0 Å². The summed E-state index contributed by atoms with van der Waals surface area (Å²) in [5.74, 6) is 1.30. The zero-order valence-corrected chi connectivity index (χ0v) is 20.5. The van der Waals surface area contributed by atoms with Gasteiger partial charge in [-0.15, -0.1) is 0 Å². The molecule has 5 rings (SSSR count). The fourth-order valence-corrected chi connectivity index (χ4v) is 3.99. The molecule has 1 aliphatic heterocycles. The SMILES string of the molecule is CN1CC=CCCOc2cc(F)cc(c2)-c2ccnc(n2)Nc2ccc(OCCn3cncn3)c(c2)C1. The van der Waals surface area contributed by atoms with Gasteiger partial charge in [0, 0.05) is 42.2 Å². The van der Waals surface area contributed by atoms with Crippen LogP contribution in [0.3, 0.4) is 0 Å². The first kappa shape index (κ1) is 24.4. The van der Waals surface area contributed by atoms with E-state index in [1.165, 1.54) is 18.5 Å². The van der Waals surface area contributed by atoms with Crippen molar-refractivity contribution in [2.45, 2.75) is 19.5 Å². The number of fused-ring (bicyclic) bond motifs is 7. The van der Waals surface area contributed by atoms with Crippen LogP contribution < -0.4 is 14.8 Å². The highest BCUT2D eigenvalue weighted by atomic mass is 19.1. The standard InChI is InChI=1S/C27H28FN7O2/c1-34-9-3-2-4-11-36-24-15-20(13-22(28)16-24)25-7-8-30-27(33-25)32-23-5-6-26(21(14-23)17-34)37-12-10-35-19-29-18-31-35/h2-3,5-8,13-16,18-19H,4,9-12,17H2,1H3,(H,30,32,33). The Morgan fingerprint density at radius 1 is 1.14 bits per heavy atom. The average molecular weight is 502 g/mol. The first-order valence-corrected chi connectivity index (χ1v) is 12.1. The fraction of sp³-hybridized carbons (Fsp3) is 0.259. The zero-order chi connectivity index (χ0) is 25.5. The molecule has 2 aromatic heterocycles. The van der Waals surface area contributed by atoms with Crippen LogP contribution in [0.5, 0.6) is 11.5 Å². The van der Waals surface area contributed by atoms with E-state index >= 15 is 0 Å². The summed E-state index contributed by atoms with van der Waals surface area (Å²) in [6.45, 7) is 2.95. The van der Waals surface area contributed by atoms with Crippen molar-refractivity contribution in [1.29, 1.82) is 0 Å². The highest BCUT2D eigenvalue weighted by Crippen LogP contribution is 2.28. The molecule has 0 saturated heterocycles. The van der Waals surface area contributed by atoms with Gasteiger partial charge in [0.1, 0.15) is 36.6 Å². The second kappa shape index (κ2) is 11.6. The lowest BCUT2D eigenvalue weighted by molar-refractivity contribution is 0.280. The molecule has 4 aromatic rings. The van der Waals surface area contributed by atoms with Crippen molar-refractivity contribution in [2.24, 2.45) is 0 Å². The van der Waals surface area contributed by atoms with Gasteiger partial charge in [-0.25, -0.2) is 24.0 Å². The van der Waals surface area contributed by atoms with Gasteiger partial charge in [-0.2, -0.15) is 5.10 Å². The molecule has 1 aliphatic rings. The molecule has 0 spiro atoms. The predicted octanol–water partition coefficient (Wildman–Crippen LogP) is 4.47. The number of rotatable bonds is 4. The summed E-state index contributed by atoms with van der Waals surface area (Å²) < 4.78 is 28.0. The molecule has 0 fully saturated rings. The number of hydrogen-bond acceptors (Lipinski definition) is 8. The molecule has 190 valence electrons. The smallest absolute Gasteiger partial charge is 0.227 e. The van der Waals surface area contributed by atoms with Crippen molar-refractivity contribution in [1.82, 2.24) is 29.6 Å². The number of hydrogen-bond donors (Lipinski definition) is 1. The highest BCUT2D eigenvalue weighted by molar-refractivity contribution is 5.64. The third-order valence-electron chi connectivity index (χ3n) is 5.76. The lowest BCUT2D eigenvalue weighted by atomic mass is 10.1. The molecule has 2 aromatic carbocycles. The molecule has 0 atom stereocenters. The Bertz CT molecular complexity index is 1360. The van der Waals surface area contributed by atoms with Crippen molar-refractivity contribution in [3.8, 4) is 22.8 Å². The van der Waals surface area contributed by atoms with E-state index in [1.807, 2.05) is 18.2 Å². The van der Waals surface area contributed by atoms with Gasteiger partial charge in [0.05, 0.1) is 18.8 Å². The third kappa shape index (κ3) is 6.68. The molecular formula is C27H28FN7O2. The zero-order valence-electron chi connectivity index (χ0n) is 20.5. The first-order valence-electron chi connectivity index (χ1n) is 12.1. The molecule has 0 aliphatic carbocycles. The largest absolute Gasteiger partial charge is 0.493 e. The molecule has 0 saturated carbocycles. The lowest BCUT2D eigenvalue weighted by Crippen LogP contribution is -2.19. The maximum atomic E-state index is 14.3. The quantitative estimate of drug-likeness (QED) is 0.410. The van der Waals surface area contributed by atoms with E-state index in [0.717, 1.165) is 23.5 Å². The van der Waals surface area contributed by atoms with Crippen LogP contribution >= 0.6 is 0 Å². The number of likely N-dealkylation sites (N-methyl/N-ethyl adjacent to an activating group) is 1. The van der Waals surface area contributed by atoms with Gasteiger partial charge in [0.15, 0.2) is 0 Å². The molecule has 37 heavy (non-hydrogen) atoms. The molecule has 1 N–H and O–H groups in total. The summed E-state index contributed by atoms with van der Waals surface area (Å²) in [5, 5.41) is 7.39. The van der Waals surface area contributed by atoms with Crippen molar-refractivity contribution in [2.75, 3.05) is 32.1 Å². The highest BCUT2D eigenvalue weighted by Gasteiger charge is 2.11. The first-order chi connectivity index (χ1) is 18.1. The normalized spacial score (nSPS) is 14.2. The van der Waals surface area contributed by atoms with Crippen LogP contribution in [0, 0.1) is 5.82 Å². The van der Waals surface area contributed by atoms with Crippen molar-refractivity contribution < 1.29 is 13.9 Å². The van der Waals surface area contributed by atoms with Gasteiger partial charge in [-0.05, 0) is 49.9 Å². The monoisotopic (exact) mass is 501 g/mol. The van der Waals surface area contributed by atoms with Crippen LogP contribution in [0.15, 0.2) is 73.5 Å². The van der Waals surface area contributed by atoms with Crippen LogP contribution in [-0.4, -0.2) is 56.4 Å². The third-order valence-corrected chi connectivity index (χ3v) is 5.76. The van der Waals surface area contributed by atoms with Crippen LogP contribution in [0.25, 0.3) is 11.3 Å². The van der Waals surface area contributed by atoms with Gasteiger partial charge < -0.3 is 14.8 Å². The van der Waals surface area contributed by atoms with Crippen LogP contribution in [0.2, 0.25) is 0 Å². The van der Waals surface area contributed by atoms with E-state index in [4.69, 9.17) is 9.47 Å². The number of nitrogens with one attached hydrogen (secondary N) is 1. The van der Waals surface area contributed by atoms with E-state index in [1.54, 1.807) is 29.3 Å². The molecule has 9 nitrogen and oxygen atoms in total. The summed E-state index contributed by atoms with van der Waals surface area (Å²) in [5.41, 5.74) is 3.06. The number of halogens is 1. The average Bonchev–Trinajstić information content (AvgIpc) is 3.40. The molecule has 3 heterocycles. The fourth-order valence-electron chi connectivity index (χ4n) is 3.99. The van der Waals surface area contributed by atoms with E-state index in [-0.39, 0.29) is 5.82 Å². The van der Waals surface area contributed by atoms with Gasteiger partial charge >= 0.3 is 0 Å². The topological polar surface area (TPSA) is 90.2 Å². The Kier molecular flexibility index (Phi) is 7.66. The molecule has 0 amide bonds. The minimum Gasteiger partial charge on any atom is -0.493 e. The van der Waals surface area contributed by atoms with Crippen LogP contribution in [0.4, 0.5) is 16.0 Å². The summed E-state index contributed by atoms with van der Waals surface area (Å²) >= 11 is 0. The van der Waals surface area contributed by atoms with E-state index in [9.17, 15) is 4.39 Å². The maximum absolute atomic E-state index is 14.3. The second-order valence-corrected chi connectivity index (χ2v) is 8.70. The van der Waals surface area contributed by atoms with Gasteiger partial charge in [0.25, 0.3) is 0 Å². The Morgan fingerprint density at radius 2 is 2.08 bits per heavy atom. The van der Waals surface area contributed by atoms with Gasteiger partial charge in [-0.1, -0.05) is 12.2 Å². The minimum absolute atomic E-state index is 0.378. The molecule has 6 bridgehead atoms. The van der Waals surface area contributed by atoms with Gasteiger partial charge in [-0.3, -0.25) is 4.90 Å². The number of aromatic nitrogens is 5. The van der Waals surface area contributed by atoms with Crippen molar-refractivity contribution in [3.05, 3.63) is 84.8 Å². The maximum Gasteiger partial charge on any atom is 0.227 e. The summed E-state index contributed by atoms with van der Waals surface area (Å²) in [7, 11) is 2.05. The minimum atomic E-state index is -0.378. The second-order valence-electron chi connectivity index (χ2n) is 8.70. The van der Waals surface area contributed by atoms with Gasteiger partial charge in [0.2, 0.25) is 5.95 Å². The molecule has 10 heteroatoms. The summed E-state index contributed by atoms with van der Waals surface area (Å²) in [6, 6.07) is 12.3. The van der Waals surface area contributed by atoms with Crippen molar-refractivity contribution >= 4 is 11.6 Å². The predicted molar refractivity (Wildman–Crippen MR) is 138 cm³/mol. The Hall–Kier alpha value is -4.31.